The Bertz CT molecular complexity index is 571. The summed E-state index contributed by atoms with van der Waals surface area (Å²) in [4.78, 5) is 25.7. The molecule has 0 aliphatic carbocycles. The Hall–Kier alpha value is -1.82. The highest BCUT2D eigenvalue weighted by Crippen LogP contribution is 2.23. The summed E-state index contributed by atoms with van der Waals surface area (Å²) < 4.78 is 10.7. The minimum absolute atomic E-state index is 0.252. The van der Waals surface area contributed by atoms with Crippen LogP contribution in [0.2, 0.25) is 0 Å². The van der Waals surface area contributed by atoms with Crippen LogP contribution in [0.5, 0.6) is 5.75 Å². The fourth-order valence-corrected chi connectivity index (χ4v) is 2.19. The van der Waals surface area contributed by atoms with Crippen LogP contribution in [0.25, 0.3) is 0 Å². The molecule has 1 aromatic carbocycles. The molecule has 0 aliphatic rings. The summed E-state index contributed by atoms with van der Waals surface area (Å²) in [6, 6.07) is 4.97. The molecule has 0 atom stereocenters. The number of benzene rings is 1. The van der Waals surface area contributed by atoms with E-state index < -0.39 is 5.97 Å². The van der Waals surface area contributed by atoms with Crippen LogP contribution in [0, 0.1) is 0 Å². The zero-order chi connectivity index (χ0) is 16.7. The number of hydrogen-bond acceptors (Lipinski definition) is 4. The molecule has 0 aliphatic heterocycles. The van der Waals surface area contributed by atoms with Gasteiger partial charge < -0.3 is 14.4 Å². The summed E-state index contributed by atoms with van der Waals surface area (Å²) in [6.07, 6.45) is 0. The average Bonchev–Trinajstić information content (AvgIpc) is 2.50. The molecule has 0 radical (unpaired) electrons. The van der Waals surface area contributed by atoms with Gasteiger partial charge >= 0.3 is 5.97 Å². The van der Waals surface area contributed by atoms with E-state index in [1.165, 1.54) is 7.11 Å². The van der Waals surface area contributed by atoms with Gasteiger partial charge in [-0.05, 0) is 48.0 Å². The van der Waals surface area contributed by atoms with Crippen LogP contribution in [0.3, 0.4) is 0 Å². The Labute approximate surface area is 139 Å². The molecule has 5 nitrogen and oxygen atoms in total. The number of carbonyl (C=O) groups is 2. The molecular formula is C16H20BrNO4. The summed E-state index contributed by atoms with van der Waals surface area (Å²) >= 11 is 3.28. The Morgan fingerprint density at radius 3 is 2.59 bits per heavy atom. The Kier molecular flexibility index (Phi) is 7.11. The van der Waals surface area contributed by atoms with Crippen LogP contribution < -0.4 is 4.74 Å². The van der Waals surface area contributed by atoms with E-state index in [0.29, 0.717) is 28.9 Å². The van der Waals surface area contributed by atoms with Crippen molar-refractivity contribution in [3.05, 3.63) is 40.4 Å². The number of halogens is 1. The highest BCUT2D eigenvalue weighted by molar-refractivity contribution is 9.10. The van der Waals surface area contributed by atoms with E-state index in [9.17, 15) is 9.59 Å². The second-order valence-electron chi connectivity index (χ2n) is 4.79. The van der Waals surface area contributed by atoms with E-state index in [0.717, 1.165) is 5.57 Å². The van der Waals surface area contributed by atoms with Crippen LogP contribution in [0.1, 0.15) is 24.2 Å². The third kappa shape index (κ3) is 5.18. The summed E-state index contributed by atoms with van der Waals surface area (Å²) in [5, 5.41) is 0. The minimum Gasteiger partial charge on any atom is -0.497 e. The van der Waals surface area contributed by atoms with Crippen LogP contribution in [-0.4, -0.2) is 43.6 Å². The molecule has 120 valence electrons. The minimum atomic E-state index is -0.578. The quantitative estimate of drug-likeness (QED) is 0.547. The third-order valence-electron chi connectivity index (χ3n) is 2.92. The molecule has 6 heteroatoms. The molecule has 0 saturated heterocycles. The topological polar surface area (TPSA) is 55.8 Å². The van der Waals surface area contributed by atoms with Gasteiger partial charge in [-0.15, -0.1) is 0 Å². The number of likely N-dealkylation sites (N-methyl/N-ethyl adjacent to an activating group) is 1. The lowest BCUT2D eigenvalue weighted by molar-refractivity contribution is -0.133. The van der Waals surface area contributed by atoms with Gasteiger partial charge in [0, 0.05) is 17.6 Å². The van der Waals surface area contributed by atoms with Crippen molar-refractivity contribution in [2.24, 2.45) is 0 Å². The molecule has 1 rings (SSSR count). The van der Waals surface area contributed by atoms with Gasteiger partial charge in [0.25, 0.3) is 5.91 Å². The van der Waals surface area contributed by atoms with E-state index in [1.54, 1.807) is 23.1 Å². The summed E-state index contributed by atoms with van der Waals surface area (Å²) in [7, 11) is 1.51. The van der Waals surface area contributed by atoms with E-state index in [-0.39, 0.29) is 12.5 Å². The summed E-state index contributed by atoms with van der Waals surface area (Å²) in [5.41, 5.74) is 1.19. The van der Waals surface area contributed by atoms with Crippen LogP contribution in [0.4, 0.5) is 0 Å². The van der Waals surface area contributed by atoms with E-state index in [2.05, 4.69) is 22.5 Å². The van der Waals surface area contributed by atoms with Gasteiger partial charge in [-0.25, -0.2) is 4.79 Å². The van der Waals surface area contributed by atoms with Crippen LogP contribution in [0.15, 0.2) is 34.8 Å². The molecule has 0 fully saturated rings. The number of ether oxygens (including phenoxy) is 2. The van der Waals surface area contributed by atoms with Gasteiger partial charge in [-0.1, -0.05) is 12.2 Å². The molecular weight excluding hydrogens is 350 g/mol. The third-order valence-corrected chi connectivity index (χ3v) is 3.61. The first-order chi connectivity index (χ1) is 10.4. The second kappa shape index (κ2) is 8.58. The van der Waals surface area contributed by atoms with E-state index >= 15 is 0 Å². The van der Waals surface area contributed by atoms with Gasteiger partial charge in [-0.3, -0.25) is 4.79 Å². The van der Waals surface area contributed by atoms with Crippen molar-refractivity contribution in [2.75, 3.05) is 26.8 Å². The molecule has 0 unspecified atom stereocenters. The number of amides is 1. The van der Waals surface area contributed by atoms with Crippen LogP contribution >= 0.6 is 15.9 Å². The molecule has 0 N–H and O–H groups in total. The van der Waals surface area contributed by atoms with Gasteiger partial charge in [0.1, 0.15) is 5.75 Å². The molecule has 1 aromatic rings. The van der Waals surface area contributed by atoms with Crippen molar-refractivity contribution >= 4 is 27.8 Å². The monoisotopic (exact) mass is 369 g/mol. The number of rotatable bonds is 7. The standard InChI is InChI=1S/C16H20BrNO4/c1-5-18(9-11(2)3)15(19)10-22-16(20)13-8-12(21-4)6-7-14(13)17/h6-8H,2,5,9-10H2,1,3-4H3. The predicted octanol–water partition coefficient (Wildman–Crippen LogP) is 3.04. The average molecular weight is 370 g/mol. The lowest BCUT2D eigenvalue weighted by atomic mass is 10.2. The lowest BCUT2D eigenvalue weighted by Crippen LogP contribution is -2.35. The molecule has 0 aromatic heterocycles. The Balaban J connectivity index is 2.69. The number of nitrogens with zero attached hydrogens (tertiary/aromatic N) is 1. The zero-order valence-corrected chi connectivity index (χ0v) is 14.6. The number of hydrogen-bond donors (Lipinski definition) is 0. The molecule has 0 spiro atoms. The molecule has 1 amide bonds. The van der Waals surface area contributed by atoms with Crippen LogP contribution in [-0.2, 0) is 9.53 Å². The maximum Gasteiger partial charge on any atom is 0.339 e. The SMILES string of the molecule is C=C(C)CN(CC)C(=O)COC(=O)c1cc(OC)ccc1Br. The van der Waals surface area contributed by atoms with Crippen molar-refractivity contribution in [3.63, 3.8) is 0 Å². The van der Waals surface area contributed by atoms with Gasteiger partial charge in [0.15, 0.2) is 6.61 Å². The van der Waals surface area contributed by atoms with Gasteiger partial charge in [0.2, 0.25) is 0 Å². The molecule has 0 saturated carbocycles. The number of esters is 1. The Morgan fingerprint density at radius 1 is 1.36 bits per heavy atom. The van der Waals surface area contributed by atoms with E-state index in [4.69, 9.17) is 9.47 Å². The van der Waals surface area contributed by atoms with Crippen molar-refractivity contribution in [1.29, 1.82) is 0 Å². The fraction of sp³-hybridized carbons (Fsp3) is 0.375. The molecule has 22 heavy (non-hydrogen) atoms. The smallest absolute Gasteiger partial charge is 0.339 e. The maximum absolute atomic E-state index is 12.1. The highest BCUT2D eigenvalue weighted by atomic mass is 79.9. The largest absolute Gasteiger partial charge is 0.497 e. The first-order valence-electron chi connectivity index (χ1n) is 6.81. The first-order valence-corrected chi connectivity index (χ1v) is 7.61. The fourth-order valence-electron chi connectivity index (χ4n) is 1.79. The highest BCUT2D eigenvalue weighted by Gasteiger charge is 2.17. The first kappa shape index (κ1) is 18.2. The normalized spacial score (nSPS) is 10.0. The van der Waals surface area contributed by atoms with Crippen molar-refractivity contribution in [3.8, 4) is 5.75 Å². The number of carbonyl (C=O) groups excluding carboxylic acids is 2. The predicted molar refractivity (Wildman–Crippen MR) is 88.0 cm³/mol. The molecule has 0 heterocycles. The van der Waals surface area contributed by atoms with Gasteiger partial charge in [0.05, 0.1) is 12.7 Å². The Morgan fingerprint density at radius 2 is 2.05 bits per heavy atom. The van der Waals surface area contributed by atoms with E-state index in [1.807, 2.05) is 13.8 Å². The maximum atomic E-state index is 12.1. The lowest BCUT2D eigenvalue weighted by Gasteiger charge is -2.20. The molecule has 0 bridgehead atoms. The number of methoxy groups -OCH3 is 1. The van der Waals surface area contributed by atoms with Crippen molar-refractivity contribution in [1.82, 2.24) is 4.90 Å². The second-order valence-corrected chi connectivity index (χ2v) is 5.64. The zero-order valence-electron chi connectivity index (χ0n) is 13.0. The van der Waals surface area contributed by atoms with Crippen molar-refractivity contribution in [2.45, 2.75) is 13.8 Å². The summed E-state index contributed by atoms with van der Waals surface area (Å²) in [6.45, 7) is 8.17. The van der Waals surface area contributed by atoms with Crippen molar-refractivity contribution < 1.29 is 19.1 Å². The van der Waals surface area contributed by atoms with Gasteiger partial charge in [-0.2, -0.15) is 0 Å². The summed E-state index contributed by atoms with van der Waals surface area (Å²) in [5.74, 6) is -0.290.